The maximum absolute atomic E-state index is 13.1. The number of ether oxygens (including phenoxy) is 2. The van der Waals surface area contributed by atoms with Crippen LogP contribution in [0.25, 0.3) is 11.6 Å². The van der Waals surface area contributed by atoms with Crippen molar-refractivity contribution < 1.29 is 23.2 Å². The lowest BCUT2D eigenvalue weighted by Crippen LogP contribution is -2.33. The molecule has 37 heavy (non-hydrogen) atoms. The van der Waals surface area contributed by atoms with Gasteiger partial charge in [-0.25, -0.2) is 0 Å². The fourth-order valence-corrected chi connectivity index (χ4v) is 5.03. The van der Waals surface area contributed by atoms with Crippen molar-refractivity contribution in [1.82, 2.24) is 19.9 Å². The van der Waals surface area contributed by atoms with Gasteiger partial charge in [-0.2, -0.15) is 4.98 Å². The molecule has 2 aliphatic rings. The van der Waals surface area contributed by atoms with Crippen LogP contribution in [0.1, 0.15) is 62.0 Å². The summed E-state index contributed by atoms with van der Waals surface area (Å²) in [5.74, 6) is 3.49. The number of nitrogens with zero attached hydrogens (tertiary/aromatic N) is 4. The van der Waals surface area contributed by atoms with E-state index in [0.717, 1.165) is 76.2 Å². The van der Waals surface area contributed by atoms with Gasteiger partial charge in [0.05, 0.1) is 6.26 Å². The highest BCUT2D eigenvalue weighted by atomic mass is 16.7. The van der Waals surface area contributed by atoms with Crippen LogP contribution in [0.5, 0.6) is 11.5 Å². The molecule has 0 unspecified atom stereocenters. The first-order chi connectivity index (χ1) is 18.2. The number of benzene rings is 1. The van der Waals surface area contributed by atoms with Gasteiger partial charge in [-0.15, -0.1) is 0 Å². The molecule has 9 heteroatoms. The average Bonchev–Trinajstić information content (AvgIpc) is 3.66. The molecule has 0 fully saturated rings. The van der Waals surface area contributed by atoms with E-state index >= 15 is 0 Å². The molecule has 9 nitrogen and oxygen atoms in total. The van der Waals surface area contributed by atoms with Crippen molar-refractivity contribution in [1.29, 1.82) is 0 Å². The van der Waals surface area contributed by atoms with Crippen LogP contribution in [-0.2, 0) is 24.2 Å². The van der Waals surface area contributed by atoms with E-state index in [-0.39, 0.29) is 5.91 Å². The van der Waals surface area contributed by atoms with Crippen LogP contribution in [0.2, 0.25) is 0 Å². The standard InChI is InChI=1S/C28H36N4O5/c1-31-13-5-6-15-32(27(33)12-7-11-26-29-28(30-37-26)23-10-8-16-34-23)14-4-2-3-9-21-17-24-25(36-20-35-24)18-22(21)19-31/h8,10,16-18H,2-7,9,11-15,19-20H2,1H3. The zero-order chi connectivity index (χ0) is 25.5. The molecular weight excluding hydrogens is 472 g/mol. The zero-order valence-electron chi connectivity index (χ0n) is 21.6. The minimum Gasteiger partial charge on any atom is -0.461 e. The number of fused-ring (bicyclic) bond motifs is 2. The maximum Gasteiger partial charge on any atom is 0.238 e. The summed E-state index contributed by atoms with van der Waals surface area (Å²) in [5.41, 5.74) is 2.68. The second-order valence-corrected chi connectivity index (χ2v) is 9.95. The number of carbonyl (C=O) groups is 1. The Hall–Kier alpha value is -3.33. The summed E-state index contributed by atoms with van der Waals surface area (Å²) in [6.07, 6.45) is 9.59. The minimum atomic E-state index is 0.212. The van der Waals surface area contributed by atoms with Crippen molar-refractivity contribution in [2.24, 2.45) is 0 Å². The first-order valence-corrected chi connectivity index (χ1v) is 13.4. The van der Waals surface area contributed by atoms with E-state index in [1.807, 2.05) is 0 Å². The summed E-state index contributed by atoms with van der Waals surface area (Å²) in [5, 5.41) is 3.96. The Labute approximate surface area is 217 Å². The summed E-state index contributed by atoms with van der Waals surface area (Å²) in [6, 6.07) is 7.91. The molecule has 1 aromatic carbocycles. The predicted octanol–water partition coefficient (Wildman–Crippen LogP) is 4.85. The third-order valence-corrected chi connectivity index (χ3v) is 7.07. The van der Waals surface area contributed by atoms with Gasteiger partial charge < -0.3 is 28.2 Å². The van der Waals surface area contributed by atoms with Gasteiger partial charge in [-0.1, -0.05) is 11.6 Å². The van der Waals surface area contributed by atoms with Gasteiger partial charge in [0.15, 0.2) is 17.3 Å². The second kappa shape index (κ2) is 12.3. The fraction of sp³-hybridized carbons (Fsp3) is 0.536. The molecule has 0 saturated carbocycles. The van der Waals surface area contributed by atoms with Gasteiger partial charge in [0, 0.05) is 32.5 Å². The van der Waals surface area contributed by atoms with Crippen molar-refractivity contribution in [2.45, 2.75) is 64.3 Å². The highest BCUT2D eigenvalue weighted by Gasteiger charge is 2.19. The van der Waals surface area contributed by atoms with Crippen LogP contribution in [0.4, 0.5) is 0 Å². The smallest absolute Gasteiger partial charge is 0.238 e. The number of amides is 1. The molecule has 4 heterocycles. The van der Waals surface area contributed by atoms with Crippen molar-refractivity contribution in [3.05, 3.63) is 47.5 Å². The summed E-state index contributed by atoms with van der Waals surface area (Å²) in [4.78, 5) is 21.9. The highest BCUT2D eigenvalue weighted by Crippen LogP contribution is 2.36. The third-order valence-electron chi connectivity index (χ3n) is 7.07. The molecular formula is C28H36N4O5. The first-order valence-electron chi connectivity index (χ1n) is 13.4. The molecule has 3 aromatic rings. The highest BCUT2D eigenvalue weighted by molar-refractivity contribution is 5.76. The van der Waals surface area contributed by atoms with E-state index < -0.39 is 0 Å². The Bertz CT molecular complexity index is 1160. The predicted molar refractivity (Wildman–Crippen MR) is 137 cm³/mol. The lowest BCUT2D eigenvalue weighted by molar-refractivity contribution is -0.131. The Balaban J connectivity index is 1.13. The van der Waals surface area contributed by atoms with E-state index in [1.165, 1.54) is 11.1 Å². The normalized spacial score (nSPS) is 17.4. The van der Waals surface area contributed by atoms with Crippen LogP contribution >= 0.6 is 0 Å². The number of hydrogen-bond donors (Lipinski definition) is 0. The van der Waals surface area contributed by atoms with Crippen LogP contribution < -0.4 is 9.47 Å². The van der Waals surface area contributed by atoms with Crippen molar-refractivity contribution in [3.63, 3.8) is 0 Å². The molecule has 2 aliphatic heterocycles. The van der Waals surface area contributed by atoms with Crippen molar-refractivity contribution >= 4 is 5.91 Å². The van der Waals surface area contributed by atoms with Gasteiger partial charge >= 0.3 is 0 Å². The number of hydrogen-bond acceptors (Lipinski definition) is 8. The molecule has 0 atom stereocenters. The summed E-state index contributed by atoms with van der Waals surface area (Å²) in [6.45, 7) is 3.81. The number of carbonyl (C=O) groups excluding carboxylic acids is 1. The lowest BCUT2D eigenvalue weighted by Gasteiger charge is -2.25. The quantitative estimate of drug-likeness (QED) is 0.483. The lowest BCUT2D eigenvalue weighted by atomic mass is 9.99. The number of aryl methyl sites for hydroxylation is 2. The number of furan rings is 1. The van der Waals surface area contributed by atoms with Crippen LogP contribution in [0, 0.1) is 0 Å². The van der Waals surface area contributed by atoms with Crippen LogP contribution in [0.15, 0.2) is 39.5 Å². The Morgan fingerprint density at radius 1 is 1.00 bits per heavy atom. The van der Waals surface area contributed by atoms with Gasteiger partial charge in [-0.05, 0) is 87.5 Å². The summed E-state index contributed by atoms with van der Waals surface area (Å²) in [7, 11) is 2.16. The van der Waals surface area contributed by atoms with E-state index in [4.69, 9.17) is 18.4 Å². The average molecular weight is 509 g/mol. The number of rotatable bonds is 5. The Morgan fingerprint density at radius 2 is 1.78 bits per heavy atom. The molecule has 1 amide bonds. The van der Waals surface area contributed by atoms with Crippen molar-refractivity contribution in [3.8, 4) is 23.1 Å². The topological polar surface area (TPSA) is 94.1 Å². The molecule has 0 radical (unpaired) electrons. The van der Waals surface area contributed by atoms with Gasteiger partial charge in [-0.3, -0.25) is 4.79 Å². The second-order valence-electron chi connectivity index (χ2n) is 9.95. The minimum absolute atomic E-state index is 0.212. The summed E-state index contributed by atoms with van der Waals surface area (Å²) < 4.78 is 21.9. The fourth-order valence-electron chi connectivity index (χ4n) is 5.03. The summed E-state index contributed by atoms with van der Waals surface area (Å²) >= 11 is 0. The van der Waals surface area contributed by atoms with Gasteiger partial charge in [0.2, 0.25) is 24.4 Å². The van der Waals surface area contributed by atoms with Crippen LogP contribution in [-0.4, -0.2) is 59.3 Å². The molecule has 198 valence electrons. The molecule has 2 aromatic heterocycles. The first kappa shape index (κ1) is 25.3. The molecule has 0 aliphatic carbocycles. The van der Waals surface area contributed by atoms with E-state index in [1.54, 1.807) is 18.4 Å². The Morgan fingerprint density at radius 3 is 2.59 bits per heavy atom. The van der Waals surface area contributed by atoms with Crippen LogP contribution in [0.3, 0.4) is 0 Å². The largest absolute Gasteiger partial charge is 0.461 e. The molecule has 0 bridgehead atoms. The van der Waals surface area contributed by atoms with E-state index in [9.17, 15) is 4.79 Å². The molecule has 0 N–H and O–H groups in total. The zero-order valence-corrected chi connectivity index (χ0v) is 21.6. The Kier molecular flexibility index (Phi) is 8.40. The van der Waals surface area contributed by atoms with Gasteiger partial charge in [0.25, 0.3) is 0 Å². The monoisotopic (exact) mass is 508 g/mol. The molecule has 5 rings (SSSR count). The molecule has 0 spiro atoms. The SMILES string of the molecule is CN1CCCCN(C(=O)CCCc2nc(-c3ccco3)no2)CCCCCc2cc3c(cc2C1)OCO3. The number of aromatic nitrogens is 2. The van der Waals surface area contributed by atoms with E-state index in [0.29, 0.717) is 43.5 Å². The van der Waals surface area contributed by atoms with E-state index in [2.05, 4.69) is 39.1 Å². The third kappa shape index (κ3) is 6.71. The van der Waals surface area contributed by atoms with Gasteiger partial charge in [0.1, 0.15) is 0 Å². The molecule has 0 saturated heterocycles. The maximum atomic E-state index is 13.1. The van der Waals surface area contributed by atoms with Crippen molar-refractivity contribution in [2.75, 3.05) is 33.5 Å².